The van der Waals surface area contributed by atoms with Gasteiger partial charge in [0, 0.05) is 30.4 Å². The number of hydrogen-bond acceptors (Lipinski definition) is 4. The number of carbonyl (C=O) groups is 1. The molecule has 5 heteroatoms. The van der Waals surface area contributed by atoms with Crippen LogP contribution in [0.5, 0.6) is 0 Å². The Morgan fingerprint density at radius 1 is 0.931 bits per heavy atom. The highest BCUT2D eigenvalue weighted by Gasteiger charge is 2.34. The van der Waals surface area contributed by atoms with E-state index in [1.807, 2.05) is 36.4 Å². The number of aryl methyl sites for hydroxylation is 1. The number of amides is 1. The van der Waals surface area contributed by atoms with E-state index in [2.05, 4.69) is 39.8 Å². The lowest BCUT2D eigenvalue weighted by Crippen LogP contribution is -2.42. The quantitative estimate of drug-likeness (QED) is 0.637. The lowest BCUT2D eigenvalue weighted by Gasteiger charge is -2.38. The van der Waals surface area contributed by atoms with Gasteiger partial charge in [-0.1, -0.05) is 67.8 Å². The number of nitrogens with one attached hydrogen (secondary N) is 1. The summed E-state index contributed by atoms with van der Waals surface area (Å²) in [5.74, 6) is 1.02. The molecular weight excluding hydrogens is 362 g/mol. The lowest BCUT2D eigenvalue weighted by atomic mass is 9.69. The molecule has 1 amide bonds. The molecule has 1 saturated carbocycles. The van der Waals surface area contributed by atoms with E-state index in [1.54, 1.807) is 0 Å². The van der Waals surface area contributed by atoms with Gasteiger partial charge >= 0.3 is 0 Å². The Labute approximate surface area is 171 Å². The molecule has 0 aliphatic heterocycles. The second-order valence-electron chi connectivity index (χ2n) is 7.85. The molecule has 1 fully saturated rings. The van der Waals surface area contributed by atoms with Crippen LogP contribution in [-0.2, 0) is 16.6 Å². The zero-order valence-electron chi connectivity index (χ0n) is 16.6. The number of nitrogens with zero attached hydrogens (tertiary/aromatic N) is 2. The predicted octanol–water partition coefficient (Wildman–Crippen LogP) is 4.69. The summed E-state index contributed by atoms with van der Waals surface area (Å²) in [4.78, 5) is 12.5. The molecule has 0 bridgehead atoms. The molecule has 0 saturated heterocycles. The van der Waals surface area contributed by atoms with E-state index in [4.69, 9.17) is 4.42 Å². The minimum Gasteiger partial charge on any atom is -0.421 e. The van der Waals surface area contributed by atoms with Crippen LogP contribution in [-0.4, -0.2) is 22.6 Å². The maximum atomic E-state index is 12.5. The number of rotatable bonds is 7. The Hall–Kier alpha value is -2.95. The van der Waals surface area contributed by atoms with E-state index in [0.29, 0.717) is 31.2 Å². The van der Waals surface area contributed by atoms with E-state index < -0.39 is 0 Å². The molecule has 0 spiro atoms. The summed E-state index contributed by atoms with van der Waals surface area (Å²) in [6.45, 7) is 0.689. The molecule has 1 N–H and O–H groups in total. The van der Waals surface area contributed by atoms with Crippen molar-refractivity contribution < 1.29 is 9.21 Å². The highest BCUT2D eigenvalue weighted by atomic mass is 16.4. The van der Waals surface area contributed by atoms with Gasteiger partial charge in [0.05, 0.1) is 0 Å². The molecule has 0 unspecified atom stereocenters. The highest BCUT2D eigenvalue weighted by Crippen LogP contribution is 2.38. The van der Waals surface area contributed by atoms with E-state index in [9.17, 15) is 4.79 Å². The molecule has 150 valence electrons. The van der Waals surface area contributed by atoms with Crippen LogP contribution in [0.4, 0.5) is 0 Å². The number of hydrogen-bond donors (Lipinski definition) is 1. The third kappa shape index (κ3) is 4.73. The summed E-state index contributed by atoms with van der Waals surface area (Å²) in [5.41, 5.74) is 2.28. The van der Waals surface area contributed by atoms with Crippen molar-refractivity contribution in [2.24, 2.45) is 0 Å². The largest absolute Gasteiger partial charge is 0.421 e. The first-order chi connectivity index (χ1) is 14.3. The van der Waals surface area contributed by atoms with E-state index in [0.717, 1.165) is 18.4 Å². The summed E-state index contributed by atoms with van der Waals surface area (Å²) in [7, 11) is 0. The van der Waals surface area contributed by atoms with Crippen molar-refractivity contribution in [3.8, 4) is 11.5 Å². The summed E-state index contributed by atoms with van der Waals surface area (Å²) >= 11 is 0. The maximum absolute atomic E-state index is 12.5. The Balaban J connectivity index is 1.33. The van der Waals surface area contributed by atoms with Crippen LogP contribution < -0.4 is 5.32 Å². The average Bonchev–Trinajstić information content (AvgIpc) is 3.27. The summed E-state index contributed by atoms with van der Waals surface area (Å²) in [6, 6.07) is 20.3. The van der Waals surface area contributed by atoms with Crippen LogP contribution in [0.15, 0.2) is 65.1 Å². The molecule has 3 aromatic rings. The first-order valence-corrected chi connectivity index (χ1v) is 10.5. The molecule has 29 heavy (non-hydrogen) atoms. The molecular formula is C24H27N3O2. The van der Waals surface area contributed by atoms with Crippen molar-refractivity contribution in [2.75, 3.05) is 6.54 Å². The number of aromatic nitrogens is 2. The van der Waals surface area contributed by atoms with Gasteiger partial charge in [-0.05, 0) is 30.5 Å². The fourth-order valence-corrected chi connectivity index (χ4v) is 4.22. The van der Waals surface area contributed by atoms with Crippen LogP contribution in [0.3, 0.4) is 0 Å². The van der Waals surface area contributed by atoms with Crippen LogP contribution in [0.25, 0.3) is 11.5 Å². The average molecular weight is 389 g/mol. The second-order valence-corrected chi connectivity index (χ2v) is 7.85. The second kappa shape index (κ2) is 9.03. The predicted molar refractivity (Wildman–Crippen MR) is 112 cm³/mol. The standard InChI is InChI=1S/C24H27N3O2/c28-21(14-15-22-26-27-23(29-22)19-10-4-1-5-11-19)25-18-24(16-8-3-9-17-24)20-12-6-2-7-13-20/h1-2,4-7,10-13H,3,8-9,14-18H2,(H,25,28). The molecule has 0 atom stereocenters. The van der Waals surface area contributed by atoms with Gasteiger partial charge in [0.1, 0.15) is 0 Å². The number of benzene rings is 2. The van der Waals surface area contributed by atoms with Crippen LogP contribution in [0, 0.1) is 0 Å². The van der Waals surface area contributed by atoms with E-state index in [1.165, 1.54) is 24.8 Å². The molecule has 2 aromatic carbocycles. The molecule has 0 radical (unpaired) electrons. The summed E-state index contributed by atoms with van der Waals surface area (Å²) in [6.07, 6.45) is 6.77. The Bertz CT molecular complexity index is 916. The van der Waals surface area contributed by atoms with Crippen molar-refractivity contribution in [1.29, 1.82) is 0 Å². The number of carbonyl (C=O) groups excluding carboxylic acids is 1. The molecule has 4 rings (SSSR count). The lowest BCUT2D eigenvalue weighted by molar-refractivity contribution is -0.121. The molecule has 1 aromatic heterocycles. The Morgan fingerprint density at radius 2 is 1.62 bits per heavy atom. The highest BCUT2D eigenvalue weighted by molar-refractivity contribution is 5.76. The summed E-state index contributed by atoms with van der Waals surface area (Å²) in [5, 5.41) is 11.3. The topological polar surface area (TPSA) is 68.0 Å². The van der Waals surface area contributed by atoms with Gasteiger partial charge in [0.2, 0.25) is 17.7 Å². The van der Waals surface area contributed by atoms with E-state index >= 15 is 0 Å². The zero-order valence-corrected chi connectivity index (χ0v) is 16.6. The SMILES string of the molecule is O=C(CCc1nnc(-c2ccccc2)o1)NCC1(c2ccccc2)CCCCC1. The first kappa shape index (κ1) is 19.4. The Kier molecular flexibility index (Phi) is 6.03. The van der Waals surface area contributed by atoms with Crippen molar-refractivity contribution in [2.45, 2.75) is 50.4 Å². The van der Waals surface area contributed by atoms with Gasteiger partial charge in [0.25, 0.3) is 0 Å². The monoisotopic (exact) mass is 389 g/mol. The van der Waals surface area contributed by atoms with Crippen molar-refractivity contribution in [3.05, 3.63) is 72.1 Å². The minimum absolute atomic E-state index is 0.0327. The first-order valence-electron chi connectivity index (χ1n) is 10.5. The third-order valence-corrected chi connectivity index (χ3v) is 5.87. The molecule has 5 nitrogen and oxygen atoms in total. The van der Waals surface area contributed by atoms with Gasteiger partial charge in [-0.3, -0.25) is 4.79 Å². The van der Waals surface area contributed by atoms with Crippen LogP contribution in [0.1, 0.15) is 50.0 Å². The minimum atomic E-state index is 0.0327. The molecule has 1 aliphatic carbocycles. The van der Waals surface area contributed by atoms with Crippen LogP contribution >= 0.6 is 0 Å². The molecule has 1 heterocycles. The van der Waals surface area contributed by atoms with Gasteiger partial charge in [-0.2, -0.15) is 0 Å². The van der Waals surface area contributed by atoms with Gasteiger partial charge in [-0.25, -0.2) is 0 Å². The Morgan fingerprint density at radius 3 is 2.34 bits per heavy atom. The van der Waals surface area contributed by atoms with Crippen molar-refractivity contribution in [1.82, 2.24) is 15.5 Å². The van der Waals surface area contributed by atoms with E-state index in [-0.39, 0.29) is 11.3 Å². The smallest absolute Gasteiger partial charge is 0.247 e. The fourth-order valence-electron chi connectivity index (χ4n) is 4.22. The van der Waals surface area contributed by atoms with Crippen LogP contribution in [0.2, 0.25) is 0 Å². The summed E-state index contributed by atoms with van der Waals surface area (Å²) < 4.78 is 5.70. The van der Waals surface area contributed by atoms with Gasteiger partial charge in [-0.15, -0.1) is 10.2 Å². The normalized spacial score (nSPS) is 15.7. The van der Waals surface area contributed by atoms with Gasteiger partial charge in [0.15, 0.2) is 0 Å². The molecule has 1 aliphatic rings. The zero-order chi connectivity index (χ0) is 19.9. The van der Waals surface area contributed by atoms with Crippen molar-refractivity contribution in [3.63, 3.8) is 0 Å². The maximum Gasteiger partial charge on any atom is 0.247 e. The third-order valence-electron chi connectivity index (χ3n) is 5.87. The van der Waals surface area contributed by atoms with Gasteiger partial charge < -0.3 is 9.73 Å². The van der Waals surface area contributed by atoms with Crippen molar-refractivity contribution >= 4 is 5.91 Å². The fraction of sp³-hybridized carbons (Fsp3) is 0.375.